The average molecular weight is 447 g/mol. The Morgan fingerprint density at radius 1 is 1.00 bits per heavy atom. The predicted molar refractivity (Wildman–Crippen MR) is 122 cm³/mol. The number of nitro benzene ring substituents is 1. The summed E-state index contributed by atoms with van der Waals surface area (Å²) < 4.78 is 10.7. The number of nitrogens with zero attached hydrogens (tertiary/aromatic N) is 2. The summed E-state index contributed by atoms with van der Waals surface area (Å²) in [6.07, 6.45) is 1.40. The third kappa shape index (κ3) is 6.73. The molecule has 9 heteroatoms. The van der Waals surface area contributed by atoms with Crippen molar-refractivity contribution >= 4 is 23.8 Å². The Morgan fingerprint density at radius 3 is 2.45 bits per heavy atom. The van der Waals surface area contributed by atoms with Crippen LogP contribution in [0.4, 0.5) is 5.69 Å². The highest BCUT2D eigenvalue weighted by Crippen LogP contribution is 2.17. The van der Waals surface area contributed by atoms with E-state index in [0.29, 0.717) is 11.3 Å². The second-order valence-electron chi connectivity index (χ2n) is 7.09. The first-order chi connectivity index (χ1) is 15.8. The minimum atomic E-state index is -0.657. The van der Waals surface area contributed by atoms with E-state index in [-0.39, 0.29) is 23.6 Å². The van der Waals surface area contributed by atoms with Gasteiger partial charge in [-0.2, -0.15) is 5.10 Å². The van der Waals surface area contributed by atoms with Crippen LogP contribution in [0.5, 0.6) is 11.5 Å². The first-order valence-corrected chi connectivity index (χ1v) is 9.90. The zero-order valence-corrected chi connectivity index (χ0v) is 18.0. The summed E-state index contributed by atoms with van der Waals surface area (Å²) in [5, 5.41) is 14.6. The lowest BCUT2D eigenvalue weighted by atomic mass is 10.1. The van der Waals surface area contributed by atoms with Gasteiger partial charge in [0.2, 0.25) is 0 Å². The number of ether oxygens (including phenoxy) is 2. The molecule has 168 valence electrons. The summed E-state index contributed by atoms with van der Waals surface area (Å²) in [5.74, 6) is -0.229. The second kappa shape index (κ2) is 10.7. The van der Waals surface area contributed by atoms with Crippen LogP contribution in [0, 0.1) is 24.0 Å². The lowest BCUT2D eigenvalue weighted by Crippen LogP contribution is -2.24. The van der Waals surface area contributed by atoms with E-state index in [1.807, 2.05) is 26.0 Å². The quantitative estimate of drug-likeness (QED) is 0.183. The summed E-state index contributed by atoms with van der Waals surface area (Å²) in [6.45, 7) is 3.77. The van der Waals surface area contributed by atoms with Crippen LogP contribution >= 0.6 is 0 Å². The zero-order chi connectivity index (χ0) is 23.8. The number of carbonyl (C=O) groups is 2. The topological polar surface area (TPSA) is 120 Å². The van der Waals surface area contributed by atoms with Crippen LogP contribution in [0.2, 0.25) is 0 Å². The number of nitrogens with one attached hydrogen (secondary N) is 1. The molecule has 0 unspecified atom stereocenters. The molecular formula is C24H21N3O6. The Balaban J connectivity index is 1.52. The van der Waals surface area contributed by atoms with Gasteiger partial charge in [0.1, 0.15) is 11.5 Å². The third-order valence-electron chi connectivity index (χ3n) is 4.63. The SMILES string of the molecule is Cc1ccc(OCC(=O)N/N=C\c2cccc(OC(=O)c3ccc([N+](=O)[O-])cc3)c2)cc1C. The van der Waals surface area contributed by atoms with E-state index in [0.717, 1.165) is 11.1 Å². The van der Waals surface area contributed by atoms with Gasteiger partial charge in [-0.25, -0.2) is 10.2 Å². The molecule has 0 radical (unpaired) electrons. The van der Waals surface area contributed by atoms with E-state index in [1.54, 1.807) is 30.3 Å². The van der Waals surface area contributed by atoms with Crippen molar-refractivity contribution in [3.05, 3.63) is 99.1 Å². The predicted octanol–water partition coefficient (Wildman–Crippen LogP) is 3.96. The minimum Gasteiger partial charge on any atom is -0.484 e. The number of rotatable bonds is 8. The fourth-order valence-corrected chi connectivity index (χ4v) is 2.71. The first kappa shape index (κ1) is 23.1. The molecule has 0 heterocycles. The largest absolute Gasteiger partial charge is 0.484 e. The van der Waals surface area contributed by atoms with Gasteiger partial charge in [-0.1, -0.05) is 18.2 Å². The lowest BCUT2D eigenvalue weighted by Gasteiger charge is -2.07. The standard InChI is InChI=1S/C24H21N3O6/c1-16-6-11-21(12-17(16)2)32-15-23(28)26-25-14-18-4-3-5-22(13-18)33-24(29)19-7-9-20(10-8-19)27(30)31/h3-14H,15H2,1-2H3,(H,26,28)/b25-14-. The van der Waals surface area contributed by atoms with E-state index in [4.69, 9.17) is 9.47 Å². The molecule has 0 aliphatic carbocycles. The van der Waals surface area contributed by atoms with Gasteiger partial charge in [-0.3, -0.25) is 14.9 Å². The van der Waals surface area contributed by atoms with Gasteiger partial charge in [-0.05, 0) is 66.9 Å². The maximum atomic E-state index is 12.2. The zero-order valence-electron chi connectivity index (χ0n) is 18.0. The van der Waals surface area contributed by atoms with E-state index >= 15 is 0 Å². The maximum absolute atomic E-state index is 12.2. The van der Waals surface area contributed by atoms with Crippen LogP contribution in [0.25, 0.3) is 0 Å². The van der Waals surface area contributed by atoms with Crippen LogP contribution in [0.15, 0.2) is 71.8 Å². The number of amides is 1. The molecule has 1 N–H and O–H groups in total. The van der Waals surface area contributed by atoms with Crippen molar-refractivity contribution < 1.29 is 24.0 Å². The first-order valence-electron chi connectivity index (χ1n) is 9.90. The van der Waals surface area contributed by atoms with Gasteiger partial charge in [0.15, 0.2) is 6.61 Å². The van der Waals surface area contributed by atoms with Crippen LogP contribution < -0.4 is 14.9 Å². The third-order valence-corrected chi connectivity index (χ3v) is 4.63. The molecule has 0 aliphatic heterocycles. The number of carbonyl (C=O) groups excluding carboxylic acids is 2. The fourth-order valence-electron chi connectivity index (χ4n) is 2.71. The monoisotopic (exact) mass is 447 g/mol. The van der Waals surface area contributed by atoms with Crippen molar-refractivity contribution in [3.63, 3.8) is 0 Å². The van der Waals surface area contributed by atoms with E-state index < -0.39 is 16.8 Å². The normalized spacial score (nSPS) is 10.6. The summed E-state index contributed by atoms with van der Waals surface area (Å²) in [7, 11) is 0. The van der Waals surface area contributed by atoms with Crippen LogP contribution in [0.1, 0.15) is 27.0 Å². The number of hydrazone groups is 1. The van der Waals surface area contributed by atoms with Gasteiger partial charge >= 0.3 is 5.97 Å². The van der Waals surface area contributed by atoms with E-state index in [9.17, 15) is 19.7 Å². The molecule has 3 aromatic carbocycles. The van der Waals surface area contributed by atoms with Crippen molar-refractivity contribution in [2.24, 2.45) is 5.10 Å². The van der Waals surface area contributed by atoms with Crippen LogP contribution in [-0.2, 0) is 4.79 Å². The maximum Gasteiger partial charge on any atom is 0.343 e. The summed E-state index contributed by atoms with van der Waals surface area (Å²) >= 11 is 0. The molecule has 3 aromatic rings. The highest BCUT2D eigenvalue weighted by atomic mass is 16.6. The molecular weight excluding hydrogens is 426 g/mol. The van der Waals surface area contributed by atoms with Crippen LogP contribution in [-0.4, -0.2) is 29.6 Å². The van der Waals surface area contributed by atoms with Gasteiger partial charge in [0.25, 0.3) is 11.6 Å². The number of benzene rings is 3. The molecule has 33 heavy (non-hydrogen) atoms. The Hall–Kier alpha value is -4.53. The molecule has 9 nitrogen and oxygen atoms in total. The number of esters is 1. The number of hydrogen-bond donors (Lipinski definition) is 1. The molecule has 3 rings (SSSR count). The summed E-state index contributed by atoms with van der Waals surface area (Å²) in [6, 6.07) is 17.2. The number of non-ortho nitro benzene ring substituents is 1. The van der Waals surface area contributed by atoms with Gasteiger partial charge in [-0.15, -0.1) is 0 Å². The summed E-state index contributed by atoms with van der Waals surface area (Å²) in [5.41, 5.74) is 5.22. The summed E-state index contributed by atoms with van der Waals surface area (Å²) in [4.78, 5) is 34.3. The molecule has 0 saturated heterocycles. The lowest BCUT2D eigenvalue weighted by molar-refractivity contribution is -0.384. The molecule has 0 bridgehead atoms. The molecule has 0 aliphatic rings. The van der Waals surface area contributed by atoms with Gasteiger partial charge < -0.3 is 9.47 Å². The highest BCUT2D eigenvalue weighted by molar-refractivity contribution is 5.91. The molecule has 0 aromatic heterocycles. The fraction of sp³-hybridized carbons (Fsp3) is 0.125. The van der Waals surface area contributed by atoms with Crippen molar-refractivity contribution in [1.29, 1.82) is 0 Å². The van der Waals surface area contributed by atoms with E-state index in [2.05, 4.69) is 10.5 Å². The Bertz CT molecular complexity index is 1210. The van der Waals surface area contributed by atoms with Gasteiger partial charge in [0.05, 0.1) is 16.7 Å². The van der Waals surface area contributed by atoms with Crippen molar-refractivity contribution in [2.45, 2.75) is 13.8 Å². The van der Waals surface area contributed by atoms with Crippen molar-refractivity contribution in [3.8, 4) is 11.5 Å². The van der Waals surface area contributed by atoms with Gasteiger partial charge in [0, 0.05) is 12.1 Å². The number of aryl methyl sites for hydroxylation is 2. The number of hydrogen-bond acceptors (Lipinski definition) is 7. The molecule has 0 spiro atoms. The molecule has 0 saturated carbocycles. The number of nitro groups is 1. The Kier molecular flexibility index (Phi) is 7.48. The molecule has 0 fully saturated rings. The highest BCUT2D eigenvalue weighted by Gasteiger charge is 2.11. The van der Waals surface area contributed by atoms with Crippen molar-refractivity contribution in [1.82, 2.24) is 5.43 Å². The second-order valence-corrected chi connectivity index (χ2v) is 7.09. The van der Waals surface area contributed by atoms with E-state index in [1.165, 1.54) is 30.5 Å². The molecule has 1 amide bonds. The molecule has 0 atom stereocenters. The Morgan fingerprint density at radius 2 is 1.76 bits per heavy atom. The van der Waals surface area contributed by atoms with Crippen molar-refractivity contribution in [2.75, 3.05) is 6.61 Å². The minimum absolute atomic E-state index is 0.119. The average Bonchev–Trinajstić information content (AvgIpc) is 2.80. The smallest absolute Gasteiger partial charge is 0.343 e. The Labute approximate surface area is 189 Å². The van der Waals surface area contributed by atoms with Crippen LogP contribution in [0.3, 0.4) is 0 Å².